The molecule has 0 unspecified atom stereocenters. The van der Waals surface area contributed by atoms with Crippen molar-refractivity contribution in [3.63, 3.8) is 0 Å². The Morgan fingerprint density at radius 2 is 1.52 bits per heavy atom. The van der Waals surface area contributed by atoms with Crippen molar-refractivity contribution in [1.82, 2.24) is 0 Å². The third kappa shape index (κ3) is 5.16. The molecule has 0 N–H and O–H groups in total. The molecule has 0 spiro atoms. The predicted octanol–water partition coefficient (Wildman–Crippen LogP) is 4.24. The molecule has 2 aromatic rings. The summed E-state index contributed by atoms with van der Waals surface area (Å²) >= 11 is 0. The predicted molar refractivity (Wildman–Crippen MR) is 92.5 cm³/mol. The fourth-order valence-corrected chi connectivity index (χ4v) is 3.10. The van der Waals surface area contributed by atoms with Crippen molar-refractivity contribution in [3.8, 4) is 0 Å². The van der Waals surface area contributed by atoms with Crippen molar-refractivity contribution in [2.24, 2.45) is 5.10 Å². The van der Waals surface area contributed by atoms with Crippen LogP contribution in [0.3, 0.4) is 0 Å². The first-order valence-corrected chi connectivity index (χ1v) is 8.75. The average Bonchev–Trinajstić information content (AvgIpc) is 3.07. The van der Waals surface area contributed by atoms with Gasteiger partial charge >= 0.3 is 12.4 Å². The number of hydrogen-bond acceptors (Lipinski definition) is 2. The Bertz CT molecular complexity index is 913. The molecule has 1 aliphatic rings. The van der Waals surface area contributed by atoms with E-state index in [9.17, 15) is 31.4 Å². The lowest BCUT2D eigenvalue weighted by atomic mass is 10.0. The quantitative estimate of drug-likeness (QED) is 0.319. The van der Waals surface area contributed by atoms with Crippen LogP contribution in [0.15, 0.2) is 53.6 Å². The smallest absolute Gasteiger partial charge is 0.416 e. The Balaban J connectivity index is 1.99. The Hall–Kier alpha value is -2.84. The molecule has 0 atom stereocenters. The van der Waals surface area contributed by atoms with Gasteiger partial charge in [-0.1, -0.05) is 35.0 Å². The van der Waals surface area contributed by atoms with Crippen LogP contribution < -0.4 is 5.11 Å². The van der Waals surface area contributed by atoms with Crippen LogP contribution in [-0.4, -0.2) is 22.8 Å². The largest absolute Gasteiger partial charge is 0.854 e. The fourth-order valence-electron chi connectivity index (χ4n) is 3.10. The van der Waals surface area contributed by atoms with Gasteiger partial charge in [0.05, 0.1) is 23.4 Å². The normalized spacial score (nSPS) is 15.9. The molecule has 0 bridgehead atoms. The maximum Gasteiger partial charge on any atom is 0.416 e. The van der Waals surface area contributed by atoms with Crippen LogP contribution in [0.5, 0.6) is 0 Å². The molecule has 3 nitrogen and oxygen atoms in total. The van der Waals surface area contributed by atoms with E-state index in [0.717, 1.165) is 11.3 Å². The summed E-state index contributed by atoms with van der Waals surface area (Å²) in [5, 5.41) is 16.2. The topological polar surface area (TPSA) is 38.4 Å². The van der Waals surface area contributed by atoms with Gasteiger partial charge in [-0.25, -0.2) is 0 Å². The van der Waals surface area contributed by atoms with Gasteiger partial charge in [0, 0.05) is 12.8 Å². The van der Waals surface area contributed by atoms with E-state index in [2.05, 4.69) is 5.10 Å². The zero-order valence-corrected chi connectivity index (χ0v) is 15.0. The number of rotatable bonds is 4. The van der Waals surface area contributed by atoms with Gasteiger partial charge in [0.2, 0.25) is 0 Å². The number of alkyl halides is 6. The summed E-state index contributed by atoms with van der Waals surface area (Å²) in [6.45, 7) is 0.374. The van der Waals surface area contributed by atoms with E-state index < -0.39 is 34.9 Å². The maximum atomic E-state index is 13.0. The molecule has 0 radical (unpaired) electrons. The number of halogens is 6. The van der Waals surface area contributed by atoms with Crippen LogP contribution in [-0.2, 0) is 18.8 Å². The van der Waals surface area contributed by atoms with Gasteiger partial charge in [0.1, 0.15) is 0 Å². The summed E-state index contributed by atoms with van der Waals surface area (Å²) in [5.74, 6) is -1.14. The first-order chi connectivity index (χ1) is 13.5. The highest BCUT2D eigenvalue weighted by Gasteiger charge is 2.37. The van der Waals surface area contributed by atoms with Gasteiger partial charge < -0.3 is 5.11 Å². The molecule has 0 fully saturated rings. The van der Waals surface area contributed by atoms with Crippen molar-refractivity contribution in [2.45, 2.75) is 31.6 Å². The third-order valence-corrected chi connectivity index (χ3v) is 4.50. The van der Waals surface area contributed by atoms with Gasteiger partial charge in [-0.3, -0.25) is 0 Å². The van der Waals surface area contributed by atoms with Gasteiger partial charge in [-0.15, -0.1) is 0 Å². The Morgan fingerprint density at radius 3 is 2.07 bits per heavy atom. The summed E-state index contributed by atoms with van der Waals surface area (Å²) in [5.41, 5.74) is -2.08. The lowest BCUT2D eigenvalue weighted by Gasteiger charge is -2.16. The summed E-state index contributed by atoms with van der Waals surface area (Å²) in [6, 6.07) is 10.1. The van der Waals surface area contributed by atoms with Gasteiger partial charge in [-0.2, -0.15) is 26.3 Å². The molecule has 0 aliphatic carbocycles. The van der Waals surface area contributed by atoms with Crippen LogP contribution in [0, 0.1) is 0 Å². The monoisotopic (exact) mass is 414 g/mol. The molecule has 9 heteroatoms. The molecule has 154 valence electrons. The van der Waals surface area contributed by atoms with E-state index in [1.165, 1.54) is 4.68 Å². The van der Waals surface area contributed by atoms with E-state index >= 15 is 0 Å². The number of nitrogens with zero attached hydrogens (tertiary/aromatic N) is 2. The number of hydrogen-bond donors (Lipinski definition) is 0. The molecule has 29 heavy (non-hydrogen) atoms. The minimum Gasteiger partial charge on any atom is -0.854 e. The highest BCUT2D eigenvalue weighted by molar-refractivity contribution is 5.91. The van der Waals surface area contributed by atoms with E-state index in [1.807, 2.05) is 30.3 Å². The number of benzene rings is 2. The summed E-state index contributed by atoms with van der Waals surface area (Å²) in [4.78, 5) is 0. The highest BCUT2D eigenvalue weighted by Crippen LogP contribution is 2.36. The standard InChI is InChI=1S/C20H16F6N2O/c21-19(22,23)15-10-14(11-16(12-15)20(24,25)26)18(29)27-28-8-4-7-17(28)9-13-5-2-1-3-6-13/h1-3,5-6,10-12H,4,7-9H2. The average molecular weight is 414 g/mol. The molecule has 0 saturated carbocycles. The lowest BCUT2D eigenvalue weighted by molar-refractivity contribution is -0.530. The second kappa shape index (κ2) is 7.88. The fraction of sp³-hybridized carbons (Fsp3) is 0.300. The van der Waals surface area contributed by atoms with Gasteiger partial charge in [0.15, 0.2) is 12.3 Å². The molecular weight excluding hydrogens is 398 g/mol. The van der Waals surface area contributed by atoms with Crippen molar-refractivity contribution in [1.29, 1.82) is 0 Å². The first-order valence-electron chi connectivity index (χ1n) is 8.75. The summed E-state index contributed by atoms with van der Waals surface area (Å²) in [6.07, 6.45) is -8.21. The first kappa shape index (κ1) is 20.9. The molecule has 2 aromatic carbocycles. The maximum absolute atomic E-state index is 13.0. The van der Waals surface area contributed by atoms with Crippen molar-refractivity contribution < 1.29 is 36.1 Å². The molecule has 0 saturated heterocycles. The highest BCUT2D eigenvalue weighted by atomic mass is 19.4. The summed E-state index contributed by atoms with van der Waals surface area (Å²) < 4.78 is 79.3. The zero-order chi connectivity index (χ0) is 21.2. The van der Waals surface area contributed by atoms with E-state index in [1.54, 1.807) is 0 Å². The minimum atomic E-state index is -5.02. The molecule has 1 heterocycles. The second-order valence-corrected chi connectivity index (χ2v) is 6.66. The van der Waals surface area contributed by atoms with Crippen molar-refractivity contribution in [2.75, 3.05) is 6.54 Å². The molecular formula is C20H16F6N2O. The van der Waals surface area contributed by atoms with Crippen LogP contribution in [0.2, 0.25) is 0 Å². The molecule has 1 aliphatic heterocycles. The summed E-state index contributed by atoms with van der Waals surface area (Å²) in [7, 11) is 0. The Morgan fingerprint density at radius 1 is 0.931 bits per heavy atom. The van der Waals surface area contributed by atoms with Gasteiger partial charge in [0.25, 0.3) is 0 Å². The van der Waals surface area contributed by atoms with Gasteiger partial charge in [-0.05, 0) is 34.4 Å². The Kier molecular flexibility index (Phi) is 5.68. The van der Waals surface area contributed by atoms with E-state index in [4.69, 9.17) is 0 Å². The Labute approximate surface area is 162 Å². The van der Waals surface area contributed by atoms with Crippen LogP contribution in [0.25, 0.3) is 0 Å². The minimum absolute atomic E-state index is 0.0143. The molecule has 0 amide bonds. The van der Waals surface area contributed by atoms with E-state index in [-0.39, 0.29) is 6.07 Å². The lowest BCUT2D eigenvalue weighted by Crippen LogP contribution is -2.25. The second-order valence-electron chi connectivity index (χ2n) is 6.66. The van der Waals surface area contributed by atoms with Crippen LogP contribution in [0.4, 0.5) is 26.3 Å². The van der Waals surface area contributed by atoms with Crippen molar-refractivity contribution in [3.05, 3.63) is 70.8 Å². The van der Waals surface area contributed by atoms with Crippen LogP contribution in [0.1, 0.15) is 35.1 Å². The van der Waals surface area contributed by atoms with Crippen molar-refractivity contribution >= 4 is 11.6 Å². The van der Waals surface area contributed by atoms with E-state index in [0.29, 0.717) is 37.9 Å². The zero-order valence-electron chi connectivity index (χ0n) is 15.0. The SMILES string of the molecule is [O-]/C(=N\[N+]1=C(Cc2ccccc2)CCC1)c1cc(C(F)(F)F)cc(C(F)(F)F)c1. The van der Waals surface area contributed by atoms with Crippen LogP contribution >= 0.6 is 0 Å². The number of hydrazone groups is 1. The molecule has 3 rings (SSSR count). The third-order valence-electron chi connectivity index (χ3n) is 4.50. The molecule has 0 aromatic heterocycles.